The van der Waals surface area contributed by atoms with Crippen LogP contribution in [-0.4, -0.2) is 26.8 Å². The van der Waals surface area contributed by atoms with Crippen molar-refractivity contribution in [1.82, 2.24) is 14.9 Å². The van der Waals surface area contributed by atoms with Gasteiger partial charge in [-0.3, -0.25) is 9.59 Å². The van der Waals surface area contributed by atoms with Crippen LogP contribution in [0.3, 0.4) is 0 Å². The summed E-state index contributed by atoms with van der Waals surface area (Å²) in [4.78, 5) is 34.1. The van der Waals surface area contributed by atoms with Gasteiger partial charge in [0.05, 0.1) is 23.9 Å². The molecule has 3 rings (SSSR count). The lowest BCUT2D eigenvalue weighted by atomic mass is 10.1. The number of hydrogen-bond donors (Lipinski definition) is 1. The van der Waals surface area contributed by atoms with Crippen molar-refractivity contribution in [1.29, 1.82) is 0 Å². The molecular formula is C20H19Cl2N3O2. The molecule has 0 aliphatic carbocycles. The van der Waals surface area contributed by atoms with Crippen LogP contribution in [0, 0.1) is 0 Å². The van der Waals surface area contributed by atoms with E-state index >= 15 is 0 Å². The van der Waals surface area contributed by atoms with Crippen molar-refractivity contribution in [3.05, 3.63) is 74.3 Å². The topological polar surface area (TPSA) is 66.1 Å². The number of halogens is 2. The summed E-state index contributed by atoms with van der Waals surface area (Å²) in [5.74, 6) is 0.293. The number of nitrogens with one attached hydrogen (secondary N) is 1. The minimum Gasteiger partial charge on any atom is -0.333 e. The number of H-pyrrole nitrogens is 1. The third-order valence-electron chi connectivity index (χ3n) is 4.32. The van der Waals surface area contributed by atoms with E-state index in [0.29, 0.717) is 32.3 Å². The maximum atomic E-state index is 12.9. The van der Waals surface area contributed by atoms with Crippen molar-refractivity contribution in [2.45, 2.75) is 32.9 Å². The van der Waals surface area contributed by atoms with Crippen LogP contribution < -0.4 is 5.56 Å². The first kappa shape index (κ1) is 19.4. The molecule has 2 aromatic carbocycles. The Morgan fingerprint density at radius 3 is 2.44 bits per heavy atom. The van der Waals surface area contributed by atoms with Crippen molar-refractivity contribution in [3.63, 3.8) is 0 Å². The highest BCUT2D eigenvalue weighted by atomic mass is 35.5. The predicted octanol–water partition coefficient (Wildman–Crippen LogP) is 4.21. The largest absolute Gasteiger partial charge is 0.333 e. The fraction of sp³-hybridized carbons (Fsp3) is 0.250. The molecular weight excluding hydrogens is 385 g/mol. The van der Waals surface area contributed by atoms with Crippen LogP contribution in [0.4, 0.5) is 0 Å². The van der Waals surface area contributed by atoms with Gasteiger partial charge in [0.1, 0.15) is 5.82 Å². The molecule has 1 aromatic heterocycles. The molecule has 27 heavy (non-hydrogen) atoms. The first-order valence-electron chi connectivity index (χ1n) is 8.57. The van der Waals surface area contributed by atoms with Gasteiger partial charge < -0.3 is 9.88 Å². The predicted molar refractivity (Wildman–Crippen MR) is 108 cm³/mol. The second kappa shape index (κ2) is 8.11. The summed E-state index contributed by atoms with van der Waals surface area (Å²) in [7, 11) is 0. The van der Waals surface area contributed by atoms with Gasteiger partial charge in [-0.2, -0.15) is 0 Å². The SMILES string of the molecule is CC(C)N(Cc1nc2ccccc2c(=O)[nH]1)C(=O)Cc1c(Cl)cccc1Cl. The van der Waals surface area contributed by atoms with E-state index in [0.717, 1.165) is 0 Å². The fourth-order valence-electron chi connectivity index (χ4n) is 2.88. The zero-order valence-corrected chi connectivity index (χ0v) is 16.5. The van der Waals surface area contributed by atoms with Gasteiger partial charge >= 0.3 is 0 Å². The van der Waals surface area contributed by atoms with E-state index in [1.54, 1.807) is 41.3 Å². The first-order valence-corrected chi connectivity index (χ1v) is 9.32. The molecule has 0 unspecified atom stereocenters. The Kier molecular flexibility index (Phi) is 5.82. The van der Waals surface area contributed by atoms with Crippen molar-refractivity contribution in [2.24, 2.45) is 0 Å². The van der Waals surface area contributed by atoms with Gasteiger partial charge in [-0.25, -0.2) is 4.98 Å². The minimum absolute atomic E-state index is 0.0779. The standard InChI is InChI=1S/C20H19Cl2N3O2/c1-12(2)25(19(26)10-14-15(21)7-5-8-16(14)22)11-18-23-17-9-4-3-6-13(17)20(27)24-18/h3-9,12H,10-11H2,1-2H3,(H,23,24,27). The molecule has 0 saturated carbocycles. The summed E-state index contributed by atoms with van der Waals surface area (Å²) in [5.41, 5.74) is 0.971. The van der Waals surface area contributed by atoms with Crippen molar-refractivity contribution >= 4 is 40.0 Å². The molecule has 0 saturated heterocycles. The summed E-state index contributed by atoms with van der Waals surface area (Å²) in [5, 5.41) is 1.43. The lowest BCUT2D eigenvalue weighted by molar-refractivity contribution is -0.132. The lowest BCUT2D eigenvalue weighted by Gasteiger charge is -2.26. The molecule has 1 N–H and O–H groups in total. The van der Waals surface area contributed by atoms with E-state index in [1.165, 1.54) is 0 Å². The van der Waals surface area contributed by atoms with Crippen LogP contribution in [0.15, 0.2) is 47.3 Å². The van der Waals surface area contributed by atoms with Crippen LogP contribution >= 0.6 is 23.2 Å². The Labute approximate surface area is 166 Å². The maximum Gasteiger partial charge on any atom is 0.258 e. The number of rotatable bonds is 5. The average molecular weight is 404 g/mol. The van der Waals surface area contributed by atoms with Gasteiger partial charge in [-0.15, -0.1) is 0 Å². The number of benzene rings is 2. The van der Waals surface area contributed by atoms with Crippen molar-refractivity contribution in [3.8, 4) is 0 Å². The molecule has 3 aromatic rings. The quantitative estimate of drug-likeness (QED) is 0.693. The van der Waals surface area contributed by atoms with Gasteiger partial charge in [0, 0.05) is 16.1 Å². The van der Waals surface area contributed by atoms with Gasteiger partial charge in [-0.05, 0) is 43.7 Å². The number of carbonyl (C=O) groups is 1. The van der Waals surface area contributed by atoms with Gasteiger partial charge in [0.25, 0.3) is 5.56 Å². The Hall–Kier alpha value is -2.37. The van der Waals surface area contributed by atoms with Crippen LogP contribution in [0.25, 0.3) is 10.9 Å². The molecule has 5 nitrogen and oxygen atoms in total. The highest BCUT2D eigenvalue weighted by Crippen LogP contribution is 2.25. The zero-order chi connectivity index (χ0) is 19.6. The van der Waals surface area contributed by atoms with Gasteiger partial charge in [0.15, 0.2) is 0 Å². The Morgan fingerprint density at radius 1 is 1.11 bits per heavy atom. The van der Waals surface area contributed by atoms with E-state index in [4.69, 9.17) is 23.2 Å². The molecule has 0 fully saturated rings. The van der Waals surface area contributed by atoms with Crippen molar-refractivity contribution < 1.29 is 4.79 Å². The summed E-state index contributed by atoms with van der Waals surface area (Å²) >= 11 is 12.4. The van der Waals surface area contributed by atoms with E-state index < -0.39 is 0 Å². The normalized spacial score (nSPS) is 11.1. The number of aromatic amines is 1. The molecule has 0 atom stereocenters. The van der Waals surface area contributed by atoms with Crippen LogP contribution in [0.2, 0.25) is 10.0 Å². The third-order valence-corrected chi connectivity index (χ3v) is 5.02. The number of fused-ring (bicyclic) bond motifs is 1. The Bertz CT molecular complexity index is 1030. The maximum absolute atomic E-state index is 12.9. The molecule has 0 aliphatic heterocycles. The monoisotopic (exact) mass is 403 g/mol. The van der Waals surface area contributed by atoms with E-state index in [1.807, 2.05) is 19.9 Å². The lowest BCUT2D eigenvalue weighted by Crippen LogP contribution is -2.38. The summed E-state index contributed by atoms with van der Waals surface area (Å²) in [6, 6.07) is 12.2. The second-order valence-corrected chi connectivity index (χ2v) is 7.34. The van der Waals surface area contributed by atoms with Crippen molar-refractivity contribution in [2.75, 3.05) is 0 Å². The molecule has 140 valence electrons. The summed E-state index contributed by atoms with van der Waals surface area (Å²) < 4.78 is 0. The molecule has 0 radical (unpaired) electrons. The minimum atomic E-state index is -0.221. The van der Waals surface area contributed by atoms with Crippen LogP contribution in [-0.2, 0) is 17.8 Å². The zero-order valence-electron chi connectivity index (χ0n) is 15.0. The second-order valence-electron chi connectivity index (χ2n) is 6.52. The highest BCUT2D eigenvalue weighted by molar-refractivity contribution is 6.36. The summed E-state index contributed by atoms with van der Waals surface area (Å²) in [6.07, 6.45) is 0.0779. The Morgan fingerprint density at radius 2 is 1.78 bits per heavy atom. The van der Waals surface area contributed by atoms with Crippen LogP contribution in [0.1, 0.15) is 25.2 Å². The smallest absolute Gasteiger partial charge is 0.258 e. The average Bonchev–Trinajstić information content (AvgIpc) is 2.62. The number of nitrogens with zero attached hydrogens (tertiary/aromatic N) is 2. The number of para-hydroxylation sites is 1. The Balaban J connectivity index is 1.88. The van der Waals surface area contributed by atoms with Crippen LogP contribution in [0.5, 0.6) is 0 Å². The fourth-order valence-corrected chi connectivity index (χ4v) is 3.41. The third kappa shape index (κ3) is 4.31. The molecule has 1 amide bonds. The molecule has 7 heteroatoms. The number of aromatic nitrogens is 2. The van der Waals surface area contributed by atoms with Gasteiger partial charge in [0.2, 0.25) is 5.91 Å². The van der Waals surface area contributed by atoms with E-state index in [2.05, 4.69) is 9.97 Å². The van der Waals surface area contributed by atoms with Gasteiger partial charge in [-0.1, -0.05) is 41.4 Å². The molecule has 0 bridgehead atoms. The number of carbonyl (C=O) groups excluding carboxylic acids is 1. The van der Waals surface area contributed by atoms with E-state index in [-0.39, 0.29) is 30.5 Å². The summed E-state index contributed by atoms with van der Waals surface area (Å²) in [6.45, 7) is 4.01. The molecule has 0 spiro atoms. The first-order chi connectivity index (χ1) is 12.9. The number of hydrogen-bond acceptors (Lipinski definition) is 3. The highest BCUT2D eigenvalue weighted by Gasteiger charge is 2.21. The van der Waals surface area contributed by atoms with E-state index in [9.17, 15) is 9.59 Å². The molecule has 1 heterocycles. The number of amides is 1. The molecule has 0 aliphatic rings.